The van der Waals surface area contributed by atoms with Crippen molar-refractivity contribution in [3.63, 3.8) is 0 Å². The topological polar surface area (TPSA) is 60.9 Å². The van der Waals surface area contributed by atoms with Gasteiger partial charge in [-0.05, 0) is 54.1 Å². The quantitative estimate of drug-likeness (QED) is 0.665. The monoisotopic (exact) mass is 471 g/mol. The fraction of sp³-hybridized carbons (Fsp3) is 0.577. The van der Waals surface area contributed by atoms with E-state index >= 15 is 0 Å². The van der Waals surface area contributed by atoms with E-state index in [4.69, 9.17) is 0 Å². The zero-order chi connectivity index (χ0) is 23.6. The minimum atomic E-state index is -3.55. The van der Waals surface area contributed by atoms with E-state index in [1.54, 1.807) is 16.4 Å². The van der Waals surface area contributed by atoms with Gasteiger partial charge >= 0.3 is 0 Å². The van der Waals surface area contributed by atoms with E-state index in [9.17, 15) is 13.2 Å². The van der Waals surface area contributed by atoms with Crippen LogP contribution in [0.3, 0.4) is 0 Å². The van der Waals surface area contributed by atoms with Crippen molar-refractivity contribution in [3.8, 4) is 0 Å². The Bertz CT molecular complexity index is 1080. The molecule has 7 heteroatoms. The number of piperidine rings is 1. The fourth-order valence-electron chi connectivity index (χ4n) is 4.76. The molecule has 2 heterocycles. The van der Waals surface area contributed by atoms with Gasteiger partial charge in [-0.25, -0.2) is 8.42 Å². The third kappa shape index (κ3) is 5.76. The number of nitrogens with zero attached hydrogens (tertiary/aromatic N) is 3. The summed E-state index contributed by atoms with van der Waals surface area (Å²) in [6, 6.07) is 13.1. The van der Waals surface area contributed by atoms with Gasteiger partial charge in [0.25, 0.3) is 0 Å². The molecule has 2 aromatic carbocycles. The van der Waals surface area contributed by atoms with Crippen molar-refractivity contribution in [1.29, 1.82) is 0 Å². The van der Waals surface area contributed by atoms with Crippen molar-refractivity contribution in [2.75, 3.05) is 45.8 Å². The van der Waals surface area contributed by atoms with E-state index in [-0.39, 0.29) is 11.8 Å². The molecule has 0 atom stereocenters. The third-order valence-corrected chi connectivity index (χ3v) is 8.92. The zero-order valence-corrected chi connectivity index (χ0v) is 21.0. The normalized spacial score (nSPS) is 19.8. The summed E-state index contributed by atoms with van der Waals surface area (Å²) < 4.78 is 28.0. The lowest BCUT2D eigenvalue weighted by atomic mass is 9.92. The van der Waals surface area contributed by atoms with Crippen molar-refractivity contribution < 1.29 is 13.2 Å². The maximum atomic E-state index is 13.2. The van der Waals surface area contributed by atoms with Crippen LogP contribution < -0.4 is 0 Å². The molecule has 0 bridgehead atoms. The first kappa shape index (κ1) is 24.2. The van der Waals surface area contributed by atoms with Gasteiger partial charge in [0.15, 0.2) is 0 Å². The Balaban J connectivity index is 1.30. The van der Waals surface area contributed by atoms with Crippen LogP contribution >= 0.6 is 0 Å². The second-order valence-electron chi connectivity index (χ2n) is 10.7. The Morgan fingerprint density at radius 2 is 1.55 bits per heavy atom. The van der Waals surface area contributed by atoms with Gasteiger partial charge in [0.2, 0.25) is 15.9 Å². The average molecular weight is 472 g/mol. The minimum absolute atomic E-state index is 0.0748. The first-order valence-corrected chi connectivity index (χ1v) is 13.6. The van der Waals surface area contributed by atoms with Crippen LogP contribution in [-0.4, -0.2) is 74.2 Å². The van der Waals surface area contributed by atoms with Crippen molar-refractivity contribution >= 4 is 26.7 Å². The summed E-state index contributed by atoms with van der Waals surface area (Å²) >= 11 is 0. The van der Waals surface area contributed by atoms with E-state index in [2.05, 4.69) is 25.7 Å². The summed E-state index contributed by atoms with van der Waals surface area (Å²) in [4.78, 5) is 17.9. The van der Waals surface area contributed by atoms with Crippen molar-refractivity contribution in [2.24, 2.45) is 11.3 Å². The molecule has 2 aliphatic rings. The largest absolute Gasteiger partial charge is 0.340 e. The Morgan fingerprint density at radius 3 is 2.18 bits per heavy atom. The van der Waals surface area contributed by atoms with E-state index in [0.717, 1.165) is 49.9 Å². The van der Waals surface area contributed by atoms with Crippen molar-refractivity contribution in [3.05, 3.63) is 42.5 Å². The molecule has 0 spiro atoms. The number of hydrogen-bond acceptors (Lipinski definition) is 4. The second kappa shape index (κ2) is 9.72. The van der Waals surface area contributed by atoms with Gasteiger partial charge in [-0.1, -0.05) is 51.1 Å². The highest BCUT2D eigenvalue weighted by Gasteiger charge is 2.34. The van der Waals surface area contributed by atoms with Gasteiger partial charge in [0, 0.05) is 45.2 Å². The average Bonchev–Trinajstić information content (AvgIpc) is 2.82. The first-order chi connectivity index (χ1) is 15.6. The number of amides is 1. The molecular formula is C26H37N3O3S. The van der Waals surface area contributed by atoms with Gasteiger partial charge in [0.1, 0.15) is 0 Å². The molecule has 1 amide bonds. The Kier molecular flexibility index (Phi) is 7.12. The fourth-order valence-corrected chi connectivity index (χ4v) is 6.27. The summed E-state index contributed by atoms with van der Waals surface area (Å²) in [7, 11) is -3.55. The molecule has 0 unspecified atom stereocenters. The Hall–Kier alpha value is -1.96. The summed E-state index contributed by atoms with van der Waals surface area (Å²) in [5.74, 6) is 0.127. The zero-order valence-electron chi connectivity index (χ0n) is 20.2. The number of hydrogen-bond donors (Lipinski definition) is 0. The molecule has 2 fully saturated rings. The highest BCUT2D eigenvalue weighted by Crippen LogP contribution is 2.27. The van der Waals surface area contributed by atoms with Crippen LogP contribution in [0, 0.1) is 11.3 Å². The van der Waals surface area contributed by atoms with Crippen LogP contribution in [-0.2, 0) is 14.8 Å². The van der Waals surface area contributed by atoms with E-state index in [1.807, 2.05) is 35.2 Å². The Labute approximate surface area is 198 Å². The molecular weight excluding hydrogens is 434 g/mol. The van der Waals surface area contributed by atoms with E-state index < -0.39 is 10.0 Å². The highest BCUT2D eigenvalue weighted by molar-refractivity contribution is 7.89. The van der Waals surface area contributed by atoms with Crippen LogP contribution in [0.15, 0.2) is 47.4 Å². The molecule has 0 N–H and O–H groups in total. The lowest BCUT2D eigenvalue weighted by Gasteiger charge is -2.39. The second-order valence-corrected chi connectivity index (χ2v) is 12.6. The molecule has 2 aromatic rings. The van der Waals surface area contributed by atoms with Crippen LogP contribution in [0.4, 0.5) is 0 Å². The predicted octanol–water partition coefficient (Wildman–Crippen LogP) is 3.82. The lowest BCUT2D eigenvalue weighted by molar-refractivity contribution is -0.138. The summed E-state index contributed by atoms with van der Waals surface area (Å²) in [5.41, 5.74) is 0.327. The van der Waals surface area contributed by atoms with Gasteiger partial charge in [-0.3, -0.25) is 9.69 Å². The molecule has 2 saturated heterocycles. The maximum Gasteiger partial charge on any atom is 0.243 e. The standard InChI is InChI=1S/C26H37N3O3S/c1-26(2,3)12-15-27-16-18-28(19-17-27)25(30)22-10-13-29(14-11-22)33(31,32)24-9-8-21-6-4-5-7-23(21)20-24/h4-9,20,22H,10-19H2,1-3H3. The highest BCUT2D eigenvalue weighted by atomic mass is 32.2. The molecule has 6 nitrogen and oxygen atoms in total. The van der Waals surface area contributed by atoms with Gasteiger partial charge < -0.3 is 4.90 Å². The van der Waals surface area contributed by atoms with E-state index in [1.165, 1.54) is 0 Å². The predicted molar refractivity (Wildman–Crippen MR) is 133 cm³/mol. The summed E-state index contributed by atoms with van der Waals surface area (Å²) in [5, 5.41) is 1.95. The molecule has 2 aliphatic heterocycles. The molecule has 4 rings (SSSR count). The van der Waals surface area contributed by atoms with Crippen LogP contribution in [0.5, 0.6) is 0 Å². The summed E-state index contributed by atoms with van der Waals surface area (Å²) in [6.45, 7) is 12.1. The van der Waals surface area contributed by atoms with E-state index in [0.29, 0.717) is 36.2 Å². The smallest absolute Gasteiger partial charge is 0.243 e. The van der Waals surface area contributed by atoms with Crippen LogP contribution in [0.25, 0.3) is 10.8 Å². The molecule has 0 radical (unpaired) electrons. The molecule has 180 valence electrons. The minimum Gasteiger partial charge on any atom is -0.340 e. The van der Waals surface area contributed by atoms with Gasteiger partial charge in [0.05, 0.1) is 4.90 Å². The number of carbonyl (C=O) groups excluding carboxylic acids is 1. The number of piperazine rings is 1. The maximum absolute atomic E-state index is 13.2. The molecule has 0 saturated carbocycles. The van der Waals surface area contributed by atoms with Crippen molar-refractivity contribution in [2.45, 2.75) is 44.9 Å². The van der Waals surface area contributed by atoms with Gasteiger partial charge in [-0.15, -0.1) is 0 Å². The number of carbonyl (C=O) groups is 1. The SMILES string of the molecule is CC(C)(C)CCN1CCN(C(=O)C2CCN(S(=O)(=O)c3ccc4ccccc4c3)CC2)CC1. The van der Waals surface area contributed by atoms with Crippen molar-refractivity contribution in [1.82, 2.24) is 14.1 Å². The number of rotatable bonds is 5. The lowest BCUT2D eigenvalue weighted by Crippen LogP contribution is -2.52. The molecule has 0 aliphatic carbocycles. The third-order valence-electron chi connectivity index (χ3n) is 7.02. The number of benzene rings is 2. The van der Waals surface area contributed by atoms with Crippen LogP contribution in [0.2, 0.25) is 0 Å². The number of sulfonamides is 1. The number of fused-ring (bicyclic) bond motifs is 1. The van der Waals surface area contributed by atoms with Gasteiger partial charge in [-0.2, -0.15) is 4.31 Å². The Morgan fingerprint density at radius 1 is 0.909 bits per heavy atom. The molecule has 0 aromatic heterocycles. The molecule has 33 heavy (non-hydrogen) atoms. The van der Waals surface area contributed by atoms with Crippen LogP contribution in [0.1, 0.15) is 40.0 Å². The first-order valence-electron chi connectivity index (χ1n) is 12.1. The summed E-state index contributed by atoms with van der Waals surface area (Å²) in [6.07, 6.45) is 2.34.